The van der Waals surface area contributed by atoms with Gasteiger partial charge in [0.2, 0.25) is 0 Å². The van der Waals surface area contributed by atoms with E-state index in [-0.39, 0.29) is 17.6 Å². The van der Waals surface area contributed by atoms with Crippen LogP contribution in [0.25, 0.3) is 0 Å². The van der Waals surface area contributed by atoms with E-state index in [2.05, 4.69) is 6.07 Å². The monoisotopic (exact) mass is 389 g/mol. The van der Waals surface area contributed by atoms with E-state index in [1.54, 1.807) is 14.2 Å². The molecule has 0 aliphatic carbocycles. The molecule has 2 atom stereocenters. The lowest BCUT2D eigenvalue weighted by atomic mass is 9.69. The summed E-state index contributed by atoms with van der Waals surface area (Å²) in [4.78, 5) is 14.7. The molecule has 0 N–H and O–H groups in total. The van der Waals surface area contributed by atoms with Gasteiger partial charge in [-0.15, -0.1) is 0 Å². The molecule has 2 fully saturated rings. The van der Waals surface area contributed by atoms with E-state index < -0.39 is 5.60 Å². The largest absolute Gasteiger partial charge is 0.493 e. The minimum absolute atomic E-state index is 0.0327. The summed E-state index contributed by atoms with van der Waals surface area (Å²) in [5.41, 5.74) is -0.0287. The maximum atomic E-state index is 12.8. The number of nitrogens with zero attached hydrogens (tertiary/aromatic N) is 1. The van der Waals surface area contributed by atoms with Crippen molar-refractivity contribution in [1.29, 1.82) is 0 Å². The van der Waals surface area contributed by atoms with Crippen LogP contribution in [-0.2, 0) is 14.3 Å². The lowest BCUT2D eigenvalue weighted by molar-refractivity contribution is -0.167. The Morgan fingerprint density at radius 2 is 2.00 bits per heavy atom. The second kappa shape index (κ2) is 7.23. The van der Waals surface area contributed by atoms with Crippen LogP contribution in [-0.4, -0.2) is 55.9 Å². The second-order valence-corrected chi connectivity index (χ2v) is 8.59. The van der Waals surface area contributed by atoms with Crippen molar-refractivity contribution >= 4 is 5.91 Å². The molecule has 6 heteroatoms. The number of benzene rings is 1. The zero-order valence-corrected chi connectivity index (χ0v) is 17.3. The second-order valence-electron chi connectivity index (χ2n) is 8.59. The zero-order valence-electron chi connectivity index (χ0n) is 17.3. The fourth-order valence-corrected chi connectivity index (χ4v) is 4.96. The number of hydrogen-bond donors (Lipinski definition) is 0. The lowest BCUT2D eigenvalue weighted by Crippen LogP contribution is -2.59. The first-order valence-electron chi connectivity index (χ1n) is 10.2. The molecule has 28 heavy (non-hydrogen) atoms. The number of carbonyl (C=O) groups excluding carboxylic acids is 1. The first kappa shape index (κ1) is 19.5. The van der Waals surface area contributed by atoms with Crippen LogP contribution < -0.4 is 9.47 Å². The van der Waals surface area contributed by atoms with Gasteiger partial charge in [0, 0.05) is 51.1 Å². The van der Waals surface area contributed by atoms with Gasteiger partial charge < -0.3 is 23.8 Å². The van der Waals surface area contributed by atoms with E-state index in [0.29, 0.717) is 19.0 Å². The van der Waals surface area contributed by atoms with Crippen LogP contribution in [0.5, 0.6) is 11.5 Å². The number of carbonyl (C=O) groups is 1. The highest BCUT2D eigenvalue weighted by atomic mass is 16.5. The molecule has 3 heterocycles. The topological polar surface area (TPSA) is 57.2 Å². The third-order valence-corrected chi connectivity index (χ3v) is 6.76. The highest BCUT2D eigenvalue weighted by Crippen LogP contribution is 2.55. The van der Waals surface area contributed by atoms with Crippen LogP contribution in [0.2, 0.25) is 0 Å². The van der Waals surface area contributed by atoms with Crippen LogP contribution >= 0.6 is 0 Å². The minimum Gasteiger partial charge on any atom is -0.493 e. The molecule has 1 aromatic carbocycles. The van der Waals surface area contributed by atoms with Crippen molar-refractivity contribution in [3.8, 4) is 11.5 Å². The Kier molecular flexibility index (Phi) is 5.04. The average Bonchev–Trinajstić information content (AvgIpc) is 2.73. The maximum Gasteiger partial charge on any atom is 0.254 e. The van der Waals surface area contributed by atoms with Crippen LogP contribution in [0.1, 0.15) is 51.2 Å². The van der Waals surface area contributed by atoms with Gasteiger partial charge in [0.25, 0.3) is 5.91 Å². The highest BCUT2D eigenvalue weighted by Gasteiger charge is 2.53. The van der Waals surface area contributed by atoms with E-state index in [1.165, 1.54) is 0 Å². The first-order chi connectivity index (χ1) is 13.4. The fraction of sp³-hybridized carbons (Fsp3) is 0.682. The third kappa shape index (κ3) is 3.07. The molecule has 1 aromatic rings. The van der Waals surface area contributed by atoms with Gasteiger partial charge in [-0.3, -0.25) is 4.79 Å². The standard InChI is InChI=1S/C22H31NO5/c1-21(2,26-4)20(24)23-12-10-22(11-13-23)16-8-6-14-27-18(16)15-7-5-9-17(25-3)19(15)28-22/h5,7,9,16,18H,6,8,10-14H2,1-4H3/t16-,18+/m0/s1. The Labute approximate surface area is 167 Å². The molecule has 3 aliphatic rings. The summed E-state index contributed by atoms with van der Waals surface area (Å²) in [5, 5.41) is 0. The van der Waals surface area contributed by atoms with Crippen LogP contribution in [0.4, 0.5) is 0 Å². The molecule has 0 saturated carbocycles. The summed E-state index contributed by atoms with van der Waals surface area (Å²) in [6, 6.07) is 6.03. The van der Waals surface area contributed by atoms with Crippen molar-refractivity contribution in [3.05, 3.63) is 23.8 Å². The van der Waals surface area contributed by atoms with Gasteiger partial charge in [0.05, 0.1) is 13.2 Å². The van der Waals surface area contributed by atoms with E-state index in [9.17, 15) is 4.79 Å². The normalized spacial score (nSPS) is 26.2. The van der Waals surface area contributed by atoms with Crippen molar-refractivity contribution in [2.45, 2.75) is 56.8 Å². The molecule has 4 rings (SSSR count). The van der Waals surface area contributed by atoms with E-state index >= 15 is 0 Å². The molecule has 0 radical (unpaired) electrons. The Balaban J connectivity index is 1.62. The molecule has 6 nitrogen and oxygen atoms in total. The molecular formula is C22H31NO5. The van der Waals surface area contributed by atoms with Gasteiger partial charge in [0.15, 0.2) is 11.5 Å². The predicted octanol–water partition coefficient (Wildman–Crippen LogP) is 3.34. The third-order valence-electron chi connectivity index (χ3n) is 6.76. The van der Waals surface area contributed by atoms with E-state index in [1.807, 2.05) is 30.9 Å². The molecular weight excluding hydrogens is 358 g/mol. The molecule has 0 bridgehead atoms. The van der Waals surface area contributed by atoms with Gasteiger partial charge >= 0.3 is 0 Å². The molecule has 1 amide bonds. The van der Waals surface area contributed by atoms with Crippen molar-refractivity contribution in [2.24, 2.45) is 5.92 Å². The maximum absolute atomic E-state index is 12.8. The number of hydrogen-bond acceptors (Lipinski definition) is 5. The first-order valence-corrected chi connectivity index (χ1v) is 10.2. The van der Waals surface area contributed by atoms with Crippen LogP contribution in [0, 0.1) is 5.92 Å². The zero-order chi connectivity index (χ0) is 19.9. The summed E-state index contributed by atoms with van der Waals surface area (Å²) in [5.74, 6) is 1.90. The summed E-state index contributed by atoms with van der Waals surface area (Å²) in [6.45, 7) is 5.76. The summed E-state index contributed by atoms with van der Waals surface area (Å²) in [6.07, 6.45) is 3.75. The van der Waals surface area contributed by atoms with Crippen molar-refractivity contribution in [3.63, 3.8) is 0 Å². The lowest BCUT2D eigenvalue weighted by Gasteiger charge is -2.53. The molecule has 1 spiro atoms. The molecule has 0 unspecified atom stereocenters. The van der Waals surface area contributed by atoms with E-state index in [4.69, 9.17) is 18.9 Å². The Hall–Kier alpha value is -1.79. The highest BCUT2D eigenvalue weighted by molar-refractivity contribution is 5.84. The van der Waals surface area contributed by atoms with Crippen LogP contribution in [0.15, 0.2) is 18.2 Å². The van der Waals surface area contributed by atoms with Crippen molar-refractivity contribution < 1.29 is 23.7 Å². The number of rotatable bonds is 3. The number of methoxy groups -OCH3 is 2. The SMILES string of the molecule is COc1cccc2c1OC1(CCN(C(=O)C(C)(C)OC)CC1)[C@H]1CCCO[C@H]21. The smallest absolute Gasteiger partial charge is 0.254 e. The van der Waals surface area contributed by atoms with Gasteiger partial charge in [-0.1, -0.05) is 12.1 Å². The average molecular weight is 389 g/mol. The molecule has 0 aromatic heterocycles. The summed E-state index contributed by atoms with van der Waals surface area (Å²) < 4.78 is 23.9. The number of amides is 1. The predicted molar refractivity (Wildman–Crippen MR) is 105 cm³/mol. The number of piperidine rings is 1. The Morgan fingerprint density at radius 3 is 2.68 bits per heavy atom. The van der Waals surface area contributed by atoms with Gasteiger partial charge in [-0.2, -0.15) is 0 Å². The van der Waals surface area contributed by atoms with Crippen molar-refractivity contribution in [1.82, 2.24) is 4.90 Å². The number of ether oxygens (including phenoxy) is 4. The van der Waals surface area contributed by atoms with Gasteiger partial charge in [0.1, 0.15) is 11.2 Å². The Bertz CT molecular complexity index is 738. The summed E-state index contributed by atoms with van der Waals surface area (Å²) >= 11 is 0. The molecule has 3 aliphatic heterocycles. The number of fused-ring (bicyclic) bond motifs is 4. The minimum atomic E-state index is -0.801. The fourth-order valence-electron chi connectivity index (χ4n) is 4.96. The van der Waals surface area contributed by atoms with E-state index in [0.717, 1.165) is 49.4 Å². The number of para-hydroxylation sites is 1. The Morgan fingerprint density at radius 1 is 1.25 bits per heavy atom. The quantitative estimate of drug-likeness (QED) is 0.794. The van der Waals surface area contributed by atoms with Gasteiger partial charge in [-0.05, 0) is 32.8 Å². The van der Waals surface area contributed by atoms with Gasteiger partial charge in [-0.25, -0.2) is 0 Å². The van der Waals surface area contributed by atoms with Crippen LogP contribution in [0.3, 0.4) is 0 Å². The molecule has 2 saturated heterocycles. The number of likely N-dealkylation sites (tertiary alicyclic amines) is 1. The summed E-state index contributed by atoms with van der Waals surface area (Å²) in [7, 11) is 3.26. The molecule has 154 valence electrons. The van der Waals surface area contributed by atoms with Crippen molar-refractivity contribution in [2.75, 3.05) is 33.9 Å².